The van der Waals surface area contributed by atoms with Crippen molar-refractivity contribution in [1.82, 2.24) is 25.1 Å². The van der Waals surface area contributed by atoms with Crippen LogP contribution in [0.5, 0.6) is 11.5 Å². The van der Waals surface area contributed by atoms with Crippen LogP contribution in [-0.2, 0) is 13.0 Å². The zero-order valence-electron chi connectivity index (χ0n) is 18.6. The number of benzene rings is 2. The Bertz CT molecular complexity index is 967. The maximum absolute atomic E-state index is 5.74. The van der Waals surface area contributed by atoms with Crippen LogP contribution >= 0.6 is 0 Å². The number of hydrogen-bond donors (Lipinski definition) is 0. The van der Waals surface area contributed by atoms with Gasteiger partial charge in [-0.15, -0.1) is 5.10 Å². The molecule has 0 saturated carbocycles. The molecular weight excluding hydrogens is 390 g/mol. The van der Waals surface area contributed by atoms with Crippen molar-refractivity contribution in [3.8, 4) is 11.5 Å². The highest BCUT2D eigenvalue weighted by atomic mass is 16.5. The van der Waals surface area contributed by atoms with Gasteiger partial charge in [-0.05, 0) is 72.5 Å². The Morgan fingerprint density at radius 3 is 2.52 bits per heavy atom. The second-order valence-electron chi connectivity index (χ2n) is 8.22. The van der Waals surface area contributed by atoms with Crippen LogP contribution in [0.25, 0.3) is 0 Å². The van der Waals surface area contributed by atoms with E-state index in [4.69, 9.17) is 9.47 Å². The van der Waals surface area contributed by atoms with E-state index in [2.05, 4.69) is 57.7 Å². The van der Waals surface area contributed by atoms with Crippen molar-refractivity contribution in [1.29, 1.82) is 0 Å². The number of hydrogen-bond acceptors (Lipinski definition) is 6. The first kappa shape index (κ1) is 21.3. The second kappa shape index (κ2) is 9.92. The van der Waals surface area contributed by atoms with Crippen LogP contribution < -0.4 is 9.47 Å². The van der Waals surface area contributed by atoms with E-state index in [9.17, 15) is 0 Å². The number of aryl methyl sites for hydroxylation is 2. The number of likely N-dealkylation sites (tertiary alicyclic amines) is 1. The fourth-order valence-electron chi connectivity index (χ4n) is 4.29. The maximum Gasteiger partial charge on any atom is 0.173 e. The van der Waals surface area contributed by atoms with E-state index >= 15 is 0 Å². The molecule has 1 unspecified atom stereocenters. The average molecular weight is 422 g/mol. The van der Waals surface area contributed by atoms with Gasteiger partial charge in [0.15, 0.2) is 5.82 Å². The van der Waals surface area contributed by atoms with Gasteiger partial charge in [0, 0.05) is 12.1 Å². The first-order valence-electron chi connectivity index (χ1n) is 11.0. The van der Waals surface area contributed by atoms with Gasteiger partial charge >= 0.3 is 0 Å². The molecule has 1 aromatic heterocycles. The summed E-state index contributed by atoms with van der Waals surface area (Å²) in [6.45, 7) is 5.04. The van der Waals surface area contributed by atoms with Gasteiger partial charge in [0.25, 0.3) is 0 Å². The van der Waals surface area contributed by atoms with E-state index < -0.39 is 0 Å². The van der Waals surface area contributed by atoms with Crippen LogP contribution in [0.1, 0.15) is 42.8 Å². The van der Waals surface area contributed by atoms with E-state index in [1.807, 2.05) is 22.9 Å². The Labute approximate surface area is 184 Å². The summed E-state index contributed by atoms with van der Waals surface area (Å²) in [6.07, 6.45) is 3.20. The zero-order valence-corrected chi connectivity index (χ0v) is 18.6. The molecule has 2 aromatic carbocycles. The number of rotatable bonds is 8. The van der Waals surface area contributed by atoms with Crippen molar-refractivity contribution in [3.05, 3.63) is 65.5 Å². The quantitative estimate of drug-likeness (QED) is 0.552. The molecule has 4 rings (SSSR count). The van der Waals surface area contributed by atoms with Crippen molar-refractivity contribution in [2.45, 2.75) is 38.8 Å². The Morgan fingerprint density at radius 1 is 1.03 bits per heavy atom. The highest BCUT2D eigenvalue weighted by molar-refractivity contribution is 5.44. The SMILES string of the molecule is COc1ccc(OC)c(C(c2nnnn2CCc2ccccc2)N2CCC(C)CC2)c1. The molecule has 0 radical (unpaired) electrons. The topological polar surface area (TPSA) is 65.3 Å². The highest BCUT2D eigenvalue weighted by Crippen LogP contribution is 2.38. The maximum atomic E-state index is 5.74. The minimum atomic E-state index is -0.0941. The van der Waals surface area contributed by atoms with Gasteiger partial charge in [-0.25, -0.2) is 4.68 Å². The Kier molecular flexibility index (Phi) is 6.82. The molecular formula is C24H31N5O2. The Hall–Kier alpha value is -2.93. The molecule has 0 amide bonds. The van der Waals surface area contributed by atoms with E-state index in [-0.39, 0.29) is 6.04 Å². The second-order valence-corrected chi connectivity index (χ2v) is 8.22. The summed E-state index contributed by atoms with van der Waals surface area (Å²) in [7, 11) is 3.39. The van der Waals surface area contributed by atoms with Crippen molar-refractivity contribution in [2.75, 3.05) is 27.3 Å². The van der Waals surface area contributed by atoms with Crippen molar-refractivity contribution in [3.63, 3.8) is 0 Å². The largest absolute Gasteiger partial charge is 0.497 e. The van der Waals surface area contributed by atoms with Crippen LogP contribution in [0.15, 0.2) is 48.5 Å². The van der Waals surface area contributed by atoms with Crippen molar-refractivity contribution >= 4 is 0 Å². The van der Waals surface area contributed by atoms with E-state index in [1.165, 1.54) is 5.56 Å². The van der Waals surface area contributed by atoms with Gasteiger partial charge in [0.05, 0.1) is 14.2 Å². The molecule has 0 bridgehead atoms. The number of methoxy groups -OCH3 is 2. The van der Waals surface area contributed by atoms with Gasteiger partial charge in [0.2, 0.25) is 0 Å². The van der Waals surface area contributed by atoms with E-state index in [1.54, 1.807) is 14.2 Å². The van der Waals surface area contributed by atoms with Gasteiger partial charge < -0.3 is 9.47 Å². The fourth-order valence-corrected chi connectivity index (χ4v) is 4.29. The minimum Gasteiger partial charge on any atom is -0.497 e. The molecule has 1 fully saturated rings. The fraction of sp³-hybridized carbons (Fsp3) is 0.458. The summed E-state index contributed by atoms with van der Waals surface area (Å²) in [4.78, 5) is 2.47. The first-order valence-corrected chi connectivity index (χ1v) is 11.0. The van der Waals surface area contributed by atoms with Crippen LogP contribution in [0, 0.1) is 5.92 Å². The lowest BCUT2D eigenvalue weighted by atomic mass is 9.95. The standard InChI is InChI=1S/C24H31N5O2/c1-18-11-14-28(15-12-18)23(21-17-20(30-2)9-10-22(21)31-3)24-25-26-27-29(24)16-13-19-7-5-4-6-8-19/h4-10,17-18,23H,11-16H2,1-3H3. The number of ether oxygens (including phenoxy) is 2. The van der Waals surface area contributed by atoms with Gasteiger partial charge in [-0.2, -0.15) is 0 Å². The van der Waals surface area contributed by atoms with Crippen LogP contribution in [-0.4, -0.2) is 52.4 Å². The van der Waals surface area contributed by atoms with Crippen molar-refractivity contribution in [2.24, 2.45) is 5.92 Å². The summed E-state index contributed by atoms with van der Waals surface area (Å²) in [5.41, 5.74) is 2.30. The monoisotopic (exact) mass is 421 g/mol. The lowest BCUT2D eigenvalue weighted by molar-refractivity contribution is 0.147. The minimum absolute atomic E-state index is 0.0941. The summed E-state index contributed by atoms with van der Waals surface area (Å²) in [5, 5.41) is 12.9. The zero-order chi connectivity index (χ0) is 21.6. The smallest absolute Gasteiger partial charge is 0.173 e. The molecule has 0 N–H and O–H groups in total. The van der Waals surface area contributed by atoms with Gasteiger partial charge in [0.1, 0.15) is 17.5 Å². The number of nitrogens with zero attached hydrogens (tertiary/aromatic N) is 5. The predicted molar refractivity (Wildman–Crippen MR) is 119 cm³/mol. The molecule has 7 nitrogen and oxygen atoms in total. The molecule has 0 aliphatic carbocycles. The third-order valence-corrected chi connectivity index (χ3v) is 6.17. The predicted octanol–water partition coefficient (Wildman–Crippen LogP) is 3.75. The highest BCUT2D eigenvalue weighted by Gasteiger charge is 2.32. The van der Waals surface area contributed by atoms with Crippen molar-refractivity contribution < 1.29 is 9.47 Å². The van der Waals surface area contributed by atoms with Crippen LogP contribution in [0.2, 0.25) is 0 Å². The van der Waals surface area contributed by atoms with Crippen LogP contribution in [0.3, 0.4) is 0 Å². The summed E-state index contributed by atoms with van der Waals surface area (Å²) in [5.74, 6) is 3.20. The molecule has 164 valence electrons. The molecule has 1 aliphatic heterocycles. The number of aromatic nitrogens is 4. The summed E-state index contributed by atoms with van der Waals surface area (Å²) < 4.78 is 13.2. The molecule has 0 spiro atoms. The average Bonchev–Trinajstić information content (AvgIpc) is 3.28. The molecule has 1 aliphatic rings. The molecule has 31 heavy (non-hydrogen) atoms. The molecule has 3 aromatic rings. The number of piperidine rings is 1. The lowest BCUT2D eigenvalue weighted by Crippen LogP contribution is -2.38. The van der Waals surface area contributed by atoms with Crippen LogP contribution in [0.4, 0.5) is 0 Å². The number of tetrazole rings is 1. The Morgan fingerprint density at radius 2 is 1.81 bits per heavy atom. The summed E-state index contributed by atoms with van der Waals surface area (Å²) >= 11 is 0. The third kappa shape index (κ3) is 4.88. The third-order valence-electron chi connectivity index (χ3n) is 6.17. The molecule has 1 atom stereocenters. The Balaban J connectivity index is 1.70. The van der Waals surface area contributed by atoms with Gasteiger partial charge in [-0.3, -0.25) is 4.90 Å². The molecule has 7 heteroatoms. The molecule has 1 saturated heterocycles. The summed E-state index contributed by atoms with van der Waals surface area (Å²) in [6, 6.07) is 16.3. The van der Waals surface area contributed by atoms with Gasteiger partial charge in [-0.1, -0.05) is 37.3 Å². The normalized spacial score (nSPS) is 16.2. The van der Waals surface area contributed by atoms with E-state index in [0.717, 1.165) is 67.7 Å². The lowest BCUT2D eigenvalue weighted by Gasteiger charge is -2.36. The molecule has 2 heterocycles. The first-order chi connectivity index (χ1) is 15.2. The van der Waals surface area contributed by atoms with E-state index in [0.29, 0.717) is 0 Å².